The smallest absolute Gasteiger partial charge is 0.115 e. The lowest BCUT2D eigenvalue weighted by molar-refractivity contribution is 0.475. The van der Waals surface area contributed by atoms with Gasteiger partial charge in [-0.1, -0.05) is 0 Å². The maximum absolute atomic E-state index is 9.09. The van der Waals surface area contributed by atoms with E-state index >= 15 is 0 Å². The third-order valence-corrected chi connectivity index (χ3v) is 1.98. The molecule has 4 heteroatoms. The predicted octanol–water partition coefficient (Wildman–Crippen LogP) is 2.17. The van der Waals surface area contributed by atoms with E-state index in [-0.39, 0.29) is 5.75 Å². The minimum atomic E-state index is 0.263. The van der Waals surface area contributed by atoms with Crippen molar-refractivity contribution in [3.05, 3.63) is 36.2 Å². The molecule has 2 aromatic rings. The number of nitrogens with zero attached hydrogens (tertiary/aromatic N) is 1. The van der Waals surface area contributed by atoms with Crippen molar-refractivity contribution < 1.29 is 5.11 Å². The fourth-order valence-corrected chi connectivity index (χ4v) is 1.18. The fraction of sp³-hybridized carbons (Fsp3) is 0.100. The highest BCUT2D eigenvalue weighted by atomic mass is 16.3. The first-order chi connectivity index (χ1) is 6.75. The molecule has 0 saturated heterocycles. The van der Waals surface area contributed by atoms with Gasteiger partial charge in [-0.05, 0) is 31.2 Å². The summed E-state index contributed by atoms with van der Waals surface area (Å²) in [6.07, 6.45) is 1.72. The van der Waals surface area contributed by atoms with Crippen LogP contribution in [-0.2, 0) is 0 Å². The van der Waals surface area contributed by atoms with E-state index in [4.69, 9.17) is 5.11 Å². The van der Waals surface area contributed by atoms with Crippen LogP contribution in [0, 0.1) is 6.92 Å². The van der Waals surface area contributed by atoms with E-state index in [1.807, 2.05) is 19.1 Å². The van der Waals surface area contributed by atoms with Gasteiger partial charge in [0, 0.05) is 5.69 Å². The van der Waals surface area contributed by atoms with Crippen molar-refractivity contribution in [2.45, 2.75) is 6.92 Å². The maximum Gasteiger partial charge on any atom is 0.115 e. The Bertz CT molecular complexity index is 419. The molecule has 2 rings (SSSR count). The van der Waals surface area contributed by atoms with E-state index in [0.29, 0.717) is 0 Å². The highest BCUT2D eigenvalue weighted by Gasteiger charge is 1.99. The molecule has 0 radical (unpaired) electrons. The lowest BCUT2D eigenvalue weighted by Gasteiger charge is -2.04. The number of benzene rings is 1. The monoisotopic (exact) mass is 189 g/mol. The number of aromatic amines is 1. The van der Waals surface area contributed by atoms with E-state index in [1.54, 1.807) is 18.3 Å². The van der Waals surface area contributed by atoms with Gasteiger partial charge in [0.05, 0.1) is 17.6 Å². The summed E-state index contributed by atoms with van der Waals surface area (Å²) in [4.78, 5) is 0. The molecule has 0 amide bonds. The van der Waals surface area contributed by atoms with Crippen LogP contribution in [0.25, 0.3) is 0 Å². The summed E-state index contributed by atoms with van der Waals surface area (Å²) in [5, 5.41) is 19.0. The summed E-state index contributed by atoms with van der Waals surface area (Å²) in [6.45, 7) is 1.94. The van der Waals surface area contributed by atoms with Gasteiger partial charge in [0.25, 0.3) is 0 Å². The van der Waals surface area contributed by atoms with Gasteiger partial charge in [-0.2, -0.15) is 5.10 Å². The molecule has 0 unspecified atom stereocenters. The van der Waals surface area contributed by atoms with Gasteiger partial charge in [0.2, 0.25) is 0 Å². The lowest BCUT2D eigenvalue weighted by atomic mass is 10.3. The molecule has 4 nitrogen and oxygen atoms in total. The number of phenols is 1. The third-order valence-electron chi connectivity index (χ3n) is 1.98. The molecule has 0 atom stereocenters. The second-order valence-electron chi connectivity index (χ2n) is 3.08. The van der Waals surface area contributed by atoms with Gasteiger partial charge >= 0.3 is 0 Å². The summed E-state index contributed by atoms with van der Waals surface area (Å²) in [6, 6.07) is 6.89. The molecule has 0 aliphatic heterocycles. The van der Waals surface area contributed by atoms with Gasteiger partial charge in [-0.15, -0.1) is 0 Å². The van der Waals surface area contributed by atoms with E-state index in [1.165, 1.54) is 0 Å². The molecule has 14 heavy (non-hydrogen) atoms. The Balaban J connectivity index is 2.19. The van der Waals surface area contributed by atoms with Crippen LogP contribution in [0.5, 0.6) is 5.75 Å². The number of hydrogen-bond donors (Lipinski definition) is 3. The number of rotatable bonds is 2. The molecule has 0 spiro atoms. The quantitative estimate of drug-likeness (QED) is 0.634. The second-order valence-corrected chi connectivity index (χ2v) is 3.08. The first-order valence-corrected chi connectivity index (χ1v) is 4.32. The molecule has 0 saturated carbocycles. The van der Waals surface area contributed by atoms with Crippen LogP contribution in [0.15, 0.2) is 30.5 Å². The Labute approximate surface area is 81.6 Å². The molecular formula is C10H11N3O. The molecule has 0 fully saturated rings. The number of H-pyrrole nitrogens is 1. The Morgan fingerprint density at radius 1 is 1.29 bits per heavy atom. The highest BCUT2D eigenvalue weighted by Crippen LogP contribution is 2.20. The van der Waals surface area contributed by atoms with Crippen molar-refractivity contribution in [1.29, 1.82) is 0 Å². The summed E-state index contributed by atoms with van der Waals surface area (Å²) in [5.74, 6) is 0.263. The van der Waals surface area contributed by atoms with Crippen LogP contribution < -0.4 is 5.32 Å². The molecule has 0 aliphatic rings. The van der Waals surface area contributed by atoms with Crippen molar-refractivity contribution in [1.82, 2.24) is 10.2 Å². The van der Waals surface area contributed by atoms with Crippen LogP contribution in [-0.4, -0.2) is 15.3 Å². The Morgan fingerprint density at radius 3 is 2.57 bits per heavy atom. The average Bonchev–Trinajstić information content (AvgIpc) is 2.56. The predicted molar refractivity (Wildman–Crippen MR) is 54.7 cm³/mol. The number of aryl methyl sites for hydroxylation is 1. The van der Waals surface area contributed by atoms with Crippen molar-refractivity contribution >= 4 is 11.4 Å². The molecule has 1 aromatic heterocycles. The first-order valence-electron chi connectivity index (χ1n) is 4.32. The summed E-state index contributed by atoms with van der Waals surface area (Å²) < 4.78 is 0. The molecule has 3 N–H and O–H groups in total. The van der Waals surface area contributed by atoms with Gasteiger partial charge in [-0.25, -0.2) is 0 Å². The topological polar surface area (TPSA) is 60.9 Å². The first kappa shape index (κ1) is 8.62. The molecule has 0 bridgehead atoms. The highest BCUT2D eigenvalue weighted by molar-refractivity contribution is 5.61. The Kier molecular flexibility index (Phi) is 2.10. The number of aromatic nitrogens is 2. The Morgan fingerprint density at radius 2 is 2.00 bits per heavy atom. The number of phenolic OH excluding ortho intramolecular Hbond substituents is 1. The molecule has 72 valence electrons. The fourth-order valence-electron chi connectivity index (χ4n) is 1.18. The maximum atomic E-state index is 9.09. The van der Waals surface area contributed by atoms with Gasteiger partial charge in [-0.3, -0.25) is 5.10 Å². The molecule has 0 aliphatic carbocycles. The zero-order valence-electron chi connectivity index (χ0n) is 7.78. The zero-order chi connectivity index (χ0) is 9.97. The van der Waals surface area contributed by atoms with E-state index < -0.39 is 0 Å². The van der Waals surface area contributed by atoms with E-state index in [0.717, 1.165) is 17.1 Å². The van der Waals surface area contributed by atoms with Crippen LogP contribution in [0.1, 0.15) is 5.69 Å². The third kappa shape index (κ3) is 1.69. The van der Waals surface area contributed by atoms with Crippen LogP contribution in [0.2, 0.25) is 0 Å². The normalized spacial score (nSPS) is 10.1. The summed E-state index contributed by atoms with van der Waals surface area (Å²) in [7, 11) is 0. The molecular weight excluding hydrogens is 178 g/mol. The van der Waals surface area contributed by atoms with E-state index in [2.05, 4.69) is 15.5 Å². The zero-order valence-corrected chi connectivity index (χ0v) is 7.78. The summed E-state index contributed by atoms with van der Waals surface area (Å²) in [5.41, 5.74) is 2.85. The van der Waals surface area contributed by atoms with Gasteiger partial charge in [0.15, 0.2) is 0 Å². The minimum absolute atomic E-state index is 0.263. The van der Waals surface area contributed by atoms with Crippen molar-refractivity contribution in [3.8, 4) is 5.75 Å². The largest absolute Gasteiger partial charge is 0.508 e. The summed E-state index contributed by atoms with van der Waals surface area (Å²) >= 11 is 0. The standard InChI is InChI=1S/C10H11N3O/c1-7-10(6-11-13-7)12-8-2-4-9(14)5-3-8/h2-6,12,14H,1H3,(H,11,13). The SMILES string of the molecule is Cc1[nH]ncc1Nc1ccc(O)cc1. The second kappa shape index (κ2) is 3.41. The van der Waals surface area contributed by atoms with Gasteiger partial charge in [0.1, 0.15) is 5.75 Å². The minimum Gasteiger partial charge on any atom is -0.508 e. The number of aromatic hydroxyl groups is 1. The lowest BCUT2D eigenvalue weighted by Crippen LogP contribution is -1.89. The van der Waals surface area contributed by atoms with Crippen molar-refractivity contribution in [2.24, 2.45) is 0 Å². The molecule has 1 aromatic carbocycles. The van der Waals surface area contributed by atoms with Crippen LogP contribution >= 0.6 is 0 Å². The van der Waals surface area contributed by atoms with Crippen molar-refractivity contribution in [3.63, 3.8) is 0 Å². The van der Waals surface area contributed by atoms with Crippen LogP contribution in [0.3, 0.4) is 0 Å². The van der Waals surface area contributed by atoms with Crippen LogP contribution in [0.4, 0.5) is 11.4 Å². The number of anilines is 2. The Hall–Kier alpha value is -1.97. The average molecular weight is 189 g/mol. The van der Waals surface area contributed by atoms with E-state index in [9.17, 15) is 0 Å². The number of nitrogens with one attached hydrogen (secondary N) is 2. The number of hydrogen-bond acceptors (Lipinski definition) is 3. The van der Waals surface area contributed by atoms with Gasteiger partial charge < -0.3 is 10.4 Å². The van der Waals surface area contributed by atoms with Crippen molar-refractivity contribution in [2.75, 3.05) is 5.32 Å². The molecule has 1 heterocycles.